The molecule has 0 aromatic heterocycles. The lowest BCUT2D eigenvalue weighted by Gasteiger charge is -2.30. The van der Waals surface area contributed by atoms with Crippen molar-refractivity contribution in [3.8, 4) is 0 Å². The van der Waals surface area contributed by atoms with Gasteiger partial charge in [-0.2, -0.15) is 0 Å². The summed E-state index contributed by atoms with van der Waals surface area (Å²) in [5.41, 5.74) is 1.25. The first-order chi connectivity index (χ1) is 11.9. The van der Waals surface area contributed by atoms with Crippen LogP contribution in [0.3, 0.4) is 0 Å². The molecule has 0 radical (unpaired) electrons. The van der Waals surface area contributed by atoms with Gasteiger partial charge >= 0.3 is 11.9 Å². The van der Waals surface area contributed by atoms with Crippen LogP contribution in [0.5, 0.6) is 0 Å². The molecule has 1 fully saturated rings. The molecular weight excluding hydrogens is 324 g/mol. The van der Waals surface area contributed by atoms with E-state index in [-0.39, 0.29) is 17.6 Å². The molecule has 1 saturated heterocycles. The second-order valence-corrected chi connectivity index (χ2v) is 6.44. The second-order valence-electron chi connectivity index (χ2n) is 6.44. The Labute approximate surface area is 147 Å². The number of ether oxygens (including phenoxy) is 2. The number of fused-ring (bicyclic) bond motifs is 1. The Bertz CT molecular complexity index is 630. The predicted molar refractivity (Wildman–Crippen MR) is 90.4 cm³/mol. The van der Waals surface area contributed by atoms with Gasteiger partial charge in [-0.1, -0.05) is 25.2 Å². The highest BCUT2D eigenvalue weighted by atomic mass is 16.6. The zero-order valence-electron chi connectivity index (χ0n) is 14.6. The highest BCUT2D eigenvalue weighted by Crippen LogP contribution is 2.36. The lowest BCUT2D eigenvalue weighted by Crippen LogP contribution is -2.43. The molecule has 1 heterocycles. The third-order valence-electron chi connectivity index (χ3n) is 4.49. The maximum absolute atomic E-state index is 12.0. The molecule has 0 bridgehead atoms. The molecule has 0 aromatic carbocycles. The van der Waals surface area contributed by atoms with Crippen molar-refractivity contribution in [1.29, 1.82) is 0 Å². The van der Waals surface area contributed by atoms with Gasteiger partial charge in [0.25, 0.3) is 0 Å². The van der Waals surface area contributed by atoms with Gasteiger partial charge in [-0.25, -0.2) is 4.79 Å². The molecule has 1 N–H and O–H groups in total. The average molecular weight is 348 g/mol. The third-order valence-corrected chi connectivity index (χ3v) is 4.49. The van der Waals surface area contributed by atoms with Crippen LogP contribution in [0.15, 0.2) is 35.5 Å². The zero-order chi connectivity index (χ0) is 18.6. The highest BCUT2D eigenvalue weighted by molar-refractivity contribution is 5.91. The number of carbonyl (C=O) groups excluding carboxylic acids is 3. The summed E-state index contributed by atoms with van der Waals surface area (Å²) >= 11 is 0. The van der Waals surface area contributed by atoms with Crippen LogP contribution in [0.4, 0.5) is 0 Å². The largest absolute Gasteiger partial charge is 0.458 e. The highest BCUT2D eigenvalue weighted by Gasteiger charge is 2.47. The molecule has 4 atom stereocenters. The maximum atomic E-state index is 12.0. The number of hydrogen-bond donors (Lipinski definition) is 1. The monoisotopic (exact) mass is 348 g/mol. The third kappa shape index (κ3) is 4.25. The van der Waals surface area contributed by atoms with E-state index in [0.717, 1.165) is 5.57 Å². The number of aliphatic hydroxyl groups is 1. The number of hydrogen-bond acceptors (Lipinski definition) is 6. The molecule has 1 aliphatic carbocycles. The van der Waals surface area contributed by atoms with E-state index in [1.807, 2.05) is 13.8 Å². The van der Waals surface area contributed by atoms with Crippen molar-refractivity contribution in [1.82, 2.24) is 0 Å². The summed E-state index contributed by atoms with van der Waals surface area (Å²) in [5, 5.41) is 10.7. The number of rotatable bonds is 4. The smallest absolute Gasteiger partial charge is 0.334 e. The molecule has 2 aliphatic rings. The van der Waals surface area contributed by atoms with E-state index < -0.39 is 36.2 Å². The van der Waals surface area contributed by atoms with Crippen molar-refractivity contribution in [2.75, 3.05) is 0 Å². The molecular formula is C19H24O6. The number of carbonyl (C=O) groups is 3. The first kappa shape index (κ1) is 19.1. The van der Waals surface area contributed by atoms with Crippen molar-refractivity contribution in [3.05, 3.63) is 35.5 Å². The van der Waals surface area contributed by atoms with Crippen LogP contribution in [0.2, 0.25) is 0 Å². The predicted octanol–water partition coefficient (Wildman–Crippen LogP) is 2.02. The number of esters is 2. The first-order valence-electron chi connectivity index (χ1n) is 8.48. The fourth-order valence-electron chi connectivity index (χ4n) is 3.14. The van der Waals surface area contributed by atoms with Crippen molar-refractivity contribution >= 4 is 18.2 Å². The van der Waals surface area contributed by atoms with Gasteiger partial charge in [0.05, 0.1) is 5.92 Å². The van der Waals surface area contributed by atoms with E-state index in [4.69, 9.17) is 9.47 Å². The Morgan fingerprint density at radius 2 is 2.24 bits per heavy atom. The standard InChI is InChI=1S/C19H24O6/c1-4-6-15(21)25-18-16-12(3)19(23)24-14(16)9-11(2)7-5-8-13(10-20)17(18)22/h8-10,14,16-18,22H,3-7H2,1-2H3. The van der Waals surface area contributed by atoms with Gasteiger partial charge in [-0.15, -0.1) is 0 Å². The molecule has 0 saturated carbocycles. The Kier molecular flexibility index (Phi) is 6.31. The van der Waals surface area contributed by atoms with Gasteiger partial charge in [0.15, 0.2) is 0 Å². The minimum absolute atomic E-state index is 0.133. The molecule has 136 valence electrons. The second kappa shape index (κ2) is 8.25. The molecule has 0 amide bonds. The van der Waals surface area contributed by atoms with E-state index in [1.54, 1.807) is 12.2 Å². The van der Waals surface area contributed by atoms with Gasteiger partial charge in [-0.3, -0.25) is 9.59 Å². The van der Waals surface area contributed by atoms with Crippen molar-refractivity contribution < 1.29 is 29.0 Å². The minimum Gasteiger partial charge on any atom is -0.458 e. The Hall–Kier alpha value is -2.21. The maximum Gasteiger partial charge on any atom is 0.334 e. The summed E-state index contributed by atoms with van der Waals surface area (Å²) in [6, 6.07) is 0. The van der Waals surface area contributed by atoms with Crippen molar-refractivity contribution in [3.63, 3.8) is 0 Å². The van der Waals surface area contributed by atoms with Gasteiger partial charge < -0.3 is 14.6 Å². The van der Waals surface area contributed by atoms with E-state index >= 15 is 0 Å². The molecule has 2 rings (SSSR count). The van der Waals surface area contributed by atoms with E-state index in [2.05, 4.69) is 6.58 Å². The average Bonchev–Trinajstić information content (AvgIpc) is 2.83. The number of aliphatic hydroxyl groups excluding tert-OH is 1. The van der Waals surface area contributed by atoms with Crippen molar-refractivity contribution in [2.45, 2.75) is 57.8 Å². The van der Waals surface area contributed by atoms with Crippen LogP contribution in [-0.4, -0.2) is 41.6 Å². The van der Waals surface area contributed by atoms with Gasteiger partial charge in [0.1, 0.15) is 24.6 Å². The van der Waals surface area contributed by atoms with E-state index in [1.165, 1.54) is 0 Å². The minimum atomic E-state index is -1.34. The molecule has 6 heteroatoms. The SMILES string of the molecule is C=C1C(=O)OC2C=C(C)CCC=C(C=O)C(O)C(OC(=O)CCC)C12. The summed E-state index contributed by atoms with van der Waals surface area (Å²) in [6.45, 7) is 7.48. The zero-order valence-corrected chi connectivity index (χ0v) is 14.6. The van der Waals surface area contributed by atoms with Crippen molar-refractivity contribution in [2.24, 2.45) is 5.92 Å². The lowest BCUT2D eigenvalue weighted by molar-refractivity contribution is -0.158. The van der Waals surface area contributed by atoms with Crippen LogP contribution in [0, 0.1) is 5.92 Å². The summed E-state index contributed by atoms with van der Waals surface area (Å²) in [5.74, 6) is -1.82. The van der Waals surface area contributed by atoms with E-state index in [0.29, 0.717) is 25.5 Å². The number of allylic oxidation sites excluding steroid dienone is 2. The molecule has 1 aliphatic heterocycles. The fraction of sp³-hybridized carbons (Fsp3) is 0.526. The quantitative estimate of drug-likeness (QED) is 0.362. The molecule has 0 aromatic rings. The Morgan fingerprint density at radius 1 is 1.52 bits per heavy atom. The van der Waals surface area contributed by atoms with Crippen LogP contribution >= 0.6 is 0 Å². The van der Waals surface area contributed by atoms with E-state index in [9.17, 15) is 19.5 Å². The normalized spacial score (nSPS) is 29.9. The summed E-state index contributed by atoms with van der Waals surface area (Å²) in [7, 11) is 0. The van der Waals surface area contributed by atoms with Crippen LogP contribution in [-0.2, 0) is 23.9 Å². The van der Waals surface area contributed by atoms with Gasteiger partial charge in [0, 0.05) is 17.6 Å². The Balaban J connectivity index is 2.46. The van der Waals surface area contributed by atoms with Gasteiger partial charge in [-0.05, 0) is 32.3 Å². The molecule has 25 heavy (non-hydrogen) atoms. The summed E-state index contributed by atoms with van der Waals surface area (Å²) < 4.78 is 10.8. The van der Waals surface area contributed by atoms with Crippen LogP contribution in [0.1, 0.15) is 39.5 Å². The number of aldehydes is 1. The molecule has 6 nitrogen and oxygen atoms in total. The summed E-state index contributed by atoms with van der Waals surface area (Å²) in [4.78, 5) is 35.4. The molecule has 4 unspecified atom stereocenters. The van der Waals surface area contributed by atoms with Crippen LogP contribution in [0.25, 0.3) is 0 Å². The summed E-state index contributed by atoms with van der Waals surface area (Å²) in [6.07, 6.45) is 2.84. The Morgan fingerprint density at radius 3 is 2.88 bits per heavy atom. The lowest BCUT2D eigenvalue weighted by atomic mass is 9.84. The van der Waals surface area contributed by atoms with Gasteiger partial charge in [0.2, 0.25) is 0 Å². The topological polar surface area (TPSA) is 89.9 Å². The fourth-order valence-corrected chi connectivity index (χ4v) is 3.14. The molecule has 0 spiro atoms. The first-order valence-corrected chi connectivity index (χ1v) is 8.48. The van der Waals surface area contributed by atoms with Crippen LogP contribution < -0.4 is 0 Å².